The zero-order chi connectivity index (χ0) is 17.5. The van der Waals surface area contributed by atoms with Crippen molar-refractivity contribution in [1.29, 1.82) is 0 Å². The van der Waals surface area contributed by atoms with Crippen LogP contribution in [0.3, 0.4) is 0 Å². The van der Waals surface area contributed by atoms with Gasteiger partial charge in [-0.25, -0.2) is 4.39 Å². The molecule has 5 heteroatoms. The molecule has 2 aromatic carbocycles. The molecule has 0 aliphatic carbocycles. The summed E-state index contributed by atoms with van der Waals surface area (Å²) in [6, 6.07) is 13.0. The standard InChI is InChI=1S/C19H22FNO2S/c1-21(13-15-4-8-16(24-3)9-5-15)19(22)11-7-14-6-10-18(23-2)17(20)12-14/h4-6,8-10,12H,7,11,13H2,1-3H3. The first-order chi connectivity index (χ1) is 11.5. The molecular formula is C19H22FNO2S. The van der Waals surface area contributed by atoms with E-state index in [-0.39, 0.29) is 11.7 Å². The average molecular weight is 347 g/mol. The van der Waals surface area contributed by atoms with Gasteiger partial charge in [-0.15, -0.1) is 11.8 Å². The molecule has 1 amide bonds. The van der Waals surface area contributed by atoms with E-state index in [9.17, 15) is 9.18 Å². The predicted octanol–water partition coefficient (Wildman–Crippen LogP) is 4.15. The molecule has 0 aliphatic rings. The molecule has 0 saturated carbocycles. The second-order valence-corrected chi connectivity index (χ2v) is 6.45. The average Bonchev–Trinajstić information content (AvgIpc) is 2.60. The van der Waals surface area contributed by atoms with Crippen molar-refractivity contribution in [3.8, 4) is 5.75 Å². The van der Waals surface area contributed by atoms with Crippen LogP contribution in [0, 0.1) is 5.82 Å². The molecule has 3 nitrogen and oxygen atoms in total. The van der Waals surface area contributed by atoms with Gasteiger partial charge in [0.15, 0.2) is 11.6 Å². The van der Waals surface area contributed by atoms with Gasteiger partial charge in [-0.05, 0) is 48.1 Å². The summed E-state index contributed by atoms with van der Waals surface area (Å²) in [4.78, 5) is 15.2. The Bertz CT molecular complexity index is 688. The number of methoxy groups -OCH3 is 1. The Kier molecular flexibility index (Phi) is 6.67. The minimum absolute atomic E-state index is 0.0418. The number of hydrogen-bond donors (Lipinski definition) is 0. The Morgan fingerprint density at radius 2 is 1.83 bits per heavy atom. The zero-order valence-corrected chi connectivity index (χ0v) is 15.0. The van der Waals surface area contributed by atoms with Crippen molar-refractivity contribution in [2.24, 2.45) is 0 Å². The summed E-state index contributed by atoms with van der Waals surface area (Å²) in [5.41, 5.74) is 1.89. The number of nitrogens with zero attached hydrogens (tertiary/aromatic N) is 1. The Balaban J connectivity index is 1.87. The molecule has 0 fully saturated rings. The maximum absolute atomic E-state index is 13.7. The van der Waals surface area contributed by atoms with E-state index in [1.165, 1.54) is 18.1 Å². The summed E-state index contributed by atoms with van der Waals surface area (Å²) in [6.45, 7) is 0.574. The van der Waals surface area contributed by atoms with E-state index in [1.54, 1.807) is 35.8 Å². The number of rotatable bonds is 7. The zero-order valence-electron chi connectivity index (χ0n) is 14.2. The molecule has 0 aliphatic heterocycles. The van der Waals surface area contributed by atoms with Gasteiger partial charge in [0.2, 0.25) is 5.91 Å². The number of carbonyl (C=O) groups excluding carboxylic acids is 1. The summed E-state index contributed by atoms with van der Waals surface area (Å²) < 4.78 is 18.6. The van der Waals surface area contributed by atoms with Crippen LogP contribution in [0.1, 0.15) is 17.5 Å². The number of thioether (sulfide) groups is 1. The first-order valence-electron chi connectivity index (χ1n) is 7.72. The minimum atomic E-state index is -0.398. The molecule has 0 N–H and O–H groups in total. The summed E-state index contributed by atoms with van der Waals surface area (Å²) in [7, 11) is 3.22. The van der Waals surface area contributed by atoms with Crippen LogP contribution in [0.25, 0.3) is 0 Å². The van der Waals surface area contributed by atoms with Gasteiger partial charge in [0, 0.05) is 24.9 Å². The number of ether oxygens (including phenoxy) is 1. The van der Waals surface area contributed by atoms with Crippen molar-refractivity contribution in [1.82, 2.24) is 4.90 Å². The van der Waals surface area contributed by atoms with Gasteiger partial charge >= 0.3 is 0 Å². The molecule has 0 atom stereocenters. The van der Waals surface area contributed by atoms with Gasteiger partial charge in [-0.2, -0.15) is 0 Å². The Morgan fingerprint density at radius 1 is 1.17 bits per heavy atom. The first-order valence-corrected chi connectivity index (χ1v) is 8.95. The highest BCUT2D eigenvalue weighted by Gasteiger charge is 2.11. The molecule has 24 heavy (non-hydrogen) atoms. The SMILES string of the molecule is COc1ccc(CCC(=O)N(C)Cc2ccc(SC)cc2)cc1F. The highest BCUT2D eigenvalue weighted by molar-refractivity contribution is 7.98. The van der Waals surface area contributed by atoms with Crippen LogP contribution in [0.4, 0.5) is 4.39 Å². The van der Waals surface area contributed by atoms with Crippen molar-refractivity contribution in [3.05, 3.63) is 59.4 Å². The highest BCUT2D eigenvalue weighted by Crippen LogP contribution is 2.19. The summed E-state index contributed by atoms with van der Waals surface area (Å²) >= 11 is 1.69. The fraction of sp³-hybridized carbons (Fsp3) is 0.316. The van der Waals surface area contributed by atoms with Crippen molar-refractivity contribution < 1.29 is 13.9 Å². The van der Waals surface area contributed by atoms with Crippen molar-refractivity contribution in [2.45, 2.75) is 24.3 Å². The predicted molar refractivity (Wildman–Crippen MR) is 96.0 cm³/mol. The largest absolute Gasteiger partial charge is 0.494 e. The van der Waals surface area contributed by atoms with Crippen molar-refractivity contribution >= 4 is 17.7 Å². The summed E-state index contributed by atoms with van der Waals surface area (Å²) in [6.07, 6.45) is 2.90. The molecule has 2 rings (SSSR count). The lowest BCUT2D eigenvalue weighted by molar-refractivity contribution is -0.130. The van der Waals surface area contributed by atoms with Crippen LogP contribution < -0.4 is 4.74 Å². The van der Waals surface area contributed by atoms with Gasteiger partial charge in [0.25, 0.3) is 0 Å². The quantitative estimate of drug-likeness (QED) is 0.705. The van der Waals surface area contributed by atoms with E-state index in [0.717, 1.165) is 11.1 Å². The lowest BCUT2D eigenvalue weighted by Crippen LogP contribution is -2.26. The van der Waals surface area contributed by atoms with Crippen LogP contribution in [0.5, 0.6) is 5.75 Å². The number of benzene rings is 2. The van der Waals surface area contributed by atoms with E-state index < -0.39 is 5.82 Å². The normalized spacial score (nSPS) is 10.5. The summed E-state index contributed by atoms with van der Waals surface area (Å²) in [5, 5.41) is 0. The van der Waals surface area contributed by atoms with Crippen LogP contribution in [0.2, 0.25) is 0 Å². The molecule has 0 heterocycles. The Morgan fingerprint density at radius 3 is 2.42 bits per heavy atom. The molecule has 128 valence electrons. The molecule has 0 radical (unpaired) electrons. The van der Waals surface area contributed by atoms with Crippen LogP contribution in [-0.4, -0.2) is 31.2 Å². The lowest BCUT2D eigenvalue weighted by Gasteiger charge is -2.17. The fourth-order valence-corrected chi connectivity index (χ4v) is 2.81. The number of amides is 1. The van der Waals surface area contributed by atoms with E-state index in [4.69, 9.17) is 4.74 Å². The second kappa shape index (κ2) is 8.73. The number of carbonyl (C=O) groups is 1. The third kappa shape index (κ3) is 4.99. The van der Waals surface area contributed by atoms with E-state index in [1.807, 2.05) is 18.4 Å². The monoisotopic (exact) mass is 347 g/mol. The van der Waals surface area contributed by atoms with Gasteiger partial charge in [-0.3, -0.25) is 4.79 Å². The molecule has 0 aromatic heterocycles. The second-order valence-electron chi connectivity index (χ2n) is 5.57. The van der Waals surface area contributed by atoms with E-state index >= 15 is 0 Å². The maximum Gasteiger partial charge on any atom is 0.222 e. The third-order valence-corrected chi connectivity index (χ3v) is 4.59. The molecule has 2 aromatic rings. The number of hydrogen-bond acceptors (Lipinski definition) is 3. The molecule has 0 spiro atoms. The maximum atomic E-state index is 13.7. The van der Waals surface area contributed by atoms with Gasteiger partial charge in [-0.1, -0.05) is 18.2 Å². The van der Waals surface area contributed by atoms with Gasteiger partial charge in [0.05, 0.1) is 7.11 Å². The van der Waals surface area contributed by atoms with Gasteiger partial charge in [0.1, 0.15) is 0 Å². The fourth-order valence-electron chi connectivity index (χ4n) is 2.40. The van der Waals surface area contributed by atoms with Crippen LogP contribution in [-0.2, 0) is 17.8 Å². The highest BCUT2D eigenvalue weighted by atomic mass is 32.2. The molecule has 0 saturated heterocycles. The number of halogens is 1. The van der Waals surface area contributed by atoms with E-state index in [0.29, 0.717) is 19.4 Å². The lowest BCUT2D eigenvalue weighted by atomic mass is 10.1. The third-order valence-electron chi connectivity index (χ3n) is 3.85. The smallest absolute Gasteiger partial charge is 0.222 e. The van der Waals surface area contributed by atoms with E-state index in [2.05, 4.69) is 12.1 Å². The summed E-state index contributed by atoms with van der Waals surface area (Å²) in [5.74, 6) is -0.138. The Labute approximate surface area is 146 Å². The Hall–Kier alpha value is -2.01. The minimum Gasteiger partial charge on any atom is -0.494 e. The van der Waals surface area contributed by atoms with Crippen LogP contribution >= 0.6 is 11.8 Å². The first kappa shape index (κ1) is 18.3. The van der Waals surface area contributed by atoms with Crippen molar-refractivity contribution in [3.63, 3.8) is 0 Å². The topological polar surface area (TPSA) is 29.5 Å². The van der Waals surface area contributed by atoms with Gasteiger partial charge < -0.3 is 9.64 Å². The van der Waals surface area contributed by atoms with Crippen LogP contribution in [0.15, 0.2) is 47.4 Å². The van der Waals surface area contributed by atoms with Crippen molar-refractivity contribution in [2.75, 3.05) is 20.4 Å². The molecular weight excluding hydrogens is 325 g/mol. The molecule has 0 unspecified atom stereocenters. The number of aryl methyl sites for hydroxylation is 1. The molecule has 0 bridgehead atoms.